The molecule has 4 atom stereocenters. The van der Waals surface area contributed by atoms with Gasteiger partial charge in [0.1, 0.15) is 5.82 Å². The summed E-state index contributed by atoms with van der Waals surface area (Å²) in [7, 11) is 0. The van der Waals surface area contributed by atoms with E-state index in [0.717, 1.165) is 55.2 Å². The number of carbonyl (C=O) groups is 1. The molecule has 1 fully saturated rings. The number of halogens is 1. The molecule has 3 heterocycles. The van der Waals surface area contributed by atoms with Gasteiger partial charge in [-0.05, 0) is 55.9 Å². The number of amides is 1. The summed E-state index contributed by atoms with van der Waals surface area (Å²) in [6, 6.07) is 9.37. The number of fused-ring (bicyclic) bond motifs is 1. The maximum Gasteiger partial charge on any atom is 0.233 e. The fourth-order valence-corrected chi connectivity index (χ4v) is 5.58. The van der Waals surface area contributed by atoms with E-state index in [0.29, 0.717) is 5.56 Å². The van der Waals surface area contributed by atoms with Crippen molar-refractivity contribution in [3.63, 3.8) is 0 Å². The van der Waals surface area contributed by atoms with Crippen LogP contribution in [0.2, 0.25) is 0 Å². The van der Waals surface area contributed by atoms with Crippen molar-refractivity contribution in [2.24, 2.45) is 0 Å². The summed E-state index contributed by atoms with van der Waals surface area (Å²) in [5.74, 6) is -0.595. The second-order valence-electron chi connectivity index (χ2n) is 8.57. The zero-order valence-corrected chi connectivity index (χ0v) is 18.3. The Hall–Kier alpha value is -2.68. The maximum atomic E-state index is 13.4. The molecule has 6 nitrogen and oxygen atoms in total. The minimum absolute atomic E-state index is 0.00327. The average molecular weight is 453 g/mol. The summed E-state index contributed by atoms with van der Waals surface area (Å²) in [4.78, 5) is 22.1. The monoisotopic (exact) mass is 452 g/mol. The van der Waals surface area contributed by atoms with Gasteiger partial charge in [-0.1, -0.05) is 12.1 Å². The Morgan fingerprint density at radius 1 is 1.25 bits per heavy atom. The Labute approximate surface area is 189 Å². The number of anilines is 1. The normalized spacial score (nSPS) is 23.1. The van der Waals surface area contributed by atoms with Crippen molar-refractivity contribution in [1.82, 2.24) is 15.3 Å². The molecule has 1 unspecified atom stereocenters. The van der Waals surface area contributed by atoms with Crippen LogP contribution in [-0.4, -0.2) is 33.1 Å². The number of aliphatic hydroxyl groups excluding tert-OH is 1. The number of nitrogens with one attached hydrogen (secondary N) is 2. The molecular weight excluding hydrogens is 427 g/mol. The number of nitrogens with zero attached hydrogens (tertiary/aromatic N) is 2. The number of carbonyl (C=O) groups excluding carboxylic acids is 1. The third kappa shape index (κ3) is 4.44. The summed E-state index contributed by atoms with van der Waals surface area (Å²) in [6.07, 6.45) is 6.19. The smallest absolute Gasteiger partial charge is 0.233 e. The molecule has 1 amide bonds. The lowest BCUT2D eigenvalue weighted by Crippen LogP contribution is -2.35. The second-order valence-corrected chi connectivity index (χ2v) is 9.51. The highest BCUT2D eigenvalue weighted by molar-refractivity contribution is 7.09. The number of hydrogen-bond donors (Lipinski definition) is 3. The molecule has 3 aromatic rings. The highest BCUT2D eigenvalue weighted by Crippen LogP contribution is 2.35. The van der Waals surface area contributed by atoms with Gasteiger partial charge in [0.25, 0.3) is 0 Å². The minimum Gasteiger partial charge on any atom is -0.387 e. The van der Waals surface area contributed by atoms with Gasteiger partial charge < -0.3 is 15.7 Å². The quantitative estimate of drug-likeness (QED) is 0.530. The van der Waals surface area contributed by atoms with Crippen LogP contribution in [0.5, 0.6) is 0 Å². The first kappa shape index (κ1) is 21.2. The molecule has 1 aromatic carbocycles. The molecule has 1 aliphatic heterocycles. The number of aliphatic hydroxyl groups is 1. The van der Waals surface area contributed by atoms with Crippen molar-refractivity contribution in [1.29, 1.82) is 0 Å². The summed E-state index contributed by atoms with van der Waals surface area (Å²) >= 11 is 1.63. The molecule has 0 spiro atoms. The molecule has 2 aliphatic rings. The first-order chi connectivity index (χ1) is 15.6. The van der Waals surface area contributed by atoms with Gasteiger partial charge in [0, 0.05) is 34.4 Å². The Kier molecular flexibility index (Phi) is 5.99. The molecule has 1 aliphatic carbocycles. The number of benzene rings is 1. The standard InChI is InChI=1S/C24H25FN4O2S/c25-16-10-15(11-26-12-16)23(30)20-7-5-18(28-20)9-14-1-3-17(4-2-14)29-24(31)19-6-8-21-22(19)27-13-32-21/h1-4,10-13,18-20,23,28,30H,5-9H2,(H,29,31)/t18-,19+,20+,23?/m0/s1. The van der Waals surface area contributed by atoms with E-state index in [4.69, 9.17) is 0 Å². The topological polar surface area (TPSA) is 87.1 Å². The van der Waals surface area contributed by atoms with Crippen molar-refractivity contribution in [3.8, 4) is 0 Å². The van der Waals surface area contributed by atoms with Crippen LogP contribution < -0.4 is 10.6 Å². The predicted molar refractivity (Wildman–Crippen MR) is 121 cm³/mol. The van der Waals surface area contributed by atoms with Crippen LogP contribution in [0.1, 0.15) is 53.0 Å². The Morgan fingerprint density at radius 2 is 2.09 bits per heavy atom. The van der Waals surface area contributed by atoms with Crippen molar-refractivity contribution >= 4 is 22.9 Å². The SMILES string of the molecule is O=C(Nc1ccc(C[C@@H]2CC[C@H](C(O)c3cncc(F)c3)N2)cc1)[C@@H]1CCc2scnc21. The van der Waals surface area contributed by atoms with E-state index < -0.39 is 11.9 Å². The lowest BCUT2D eigenvalue weighted by molar-refractivity contribution is -0.117. The molecule has 8 heteroatoms. The number of hydrogen-bond acceptors (Lipinski definition) is 6. The van der Waals surface area contributed by atoms with E-state index in [-0.39, 0.29) is 23.9 Å². The molecule has 32 heavy (non-hydrogen) atoms. The van der Waals surface area contributed by atoms with Gasteiger partial charge in [-0.2, -0.15) is 0 Å². The number of aromatic nitrogens is 2. The zero-order chi connectivity index (χ0) is 22.1. The molecule has 166 valence electrons. The molecule has 2 aromatic heterocycles. The Balaban J connectivity index is 1.15. The third-order valence-corrected chi connectivity index (χ3v) is 7.32. The van der Waals surface area contributed by atoms with Gasteiger partial charge in [0.05, 0.1) is 29.4 Å². The maximum absolute atomic E-state index is 13.4. The first-order valence-electron chi connectivity index (χ1n) is 10.9. The van der Waals surface area contributed by atoms with Gasteiger partial charge in [0.15, 0.2) is 0 Å². The van der Waals surface area contributed by atoms with Crippen LogP contribution >= 0.6 is 11.3 Å². The van der Waals surface area contributed by atoms with Gasteiger partial charge in [0.2, 0.25) is 5.91 Å². The highest BCUT2D eigenvalue weighted by atomic mass is 32.1. The van der Waals surface area contributed by atoms with Crippen molar-refractivity contribution in [3.05, 3.63) is 75.8 Å². The molecule has 0 radical (unpaired) electrons. The van der Waals surface area contributed by atoms with Crippen molar-refractivity contribution in [2.75, 3.05) is 5.32 Å². The number of rotatable bonds is 6. The van der Waals surface area contributed by atoms with E-state index in [1.54, 1.807) is 11.3 Å². The van der Waals surface area contributed by atoms with Gasteiger partial charge in [-0.3, -0.25) is 9.78 Å². The average Bonchev–Trinajstić information content (AvgIpc) is 3.52. The number of thiazole rings is 1. The van der Waals surface area contributed by atoms with Crippen LogP contribution in [0.15, 0.2) is 48.2 Å². The molecule has 1 saturated heterocycles. The van der Waals surface area contributed by atoms with Gasteiger partial charge in [-0.25, -0.2) is 9.37 Å². The van der Waals surface area contributed by atoms with Crippen LogP contribution in [-0.2, 0) is 17.6 Å². The second kappa shape index (κ2) is 9.05. The number of pyridine rings is 1. The van der Waals surface area contributed by atoms with Gasteiger partial charge >= 0.3 is 0 Å². The van der Waals surface area contributed by atoms with E-state index in [2.05, 4.69) is 20.6 Å². The third-order valence-electron chi connectivity index (χ3n) is 6.41. The largest absolute Gasteiger partial charge is 0.387 e. The van der Waals surface area contributed by atoms with Crippen LogP contribution in [0, 0.1) is 5.82 Å². The molecule has 5 rings (SSSR count). The molecular formula is C24H25FN4O2S. The summed E-state index contributed by atoms with van der Waals surface area (Å²) in [5, 5.41) is 17.1. The summed E-state index contributed by atoms with van der Waals surface area (Å²) in [5.41, 5.74) is 5.19. The Bertz CT molecular complexity index is 1100. The first-order valence-corrected chi connectivity index (χ1v) is 11.8. The van der Waals surface area contributed by atoms with E-state index in [1.165, 1.54) is 17.1 Å². The molecule has 3 N–H and O–H groups in total. The van der Waals surface area contributed by atoms with Crippen molar-refractivity contribution < 1.29 is 14.3 Å². The fraction of sp³-hybridized carbons (Fsp3) is 0.375. The van der Waals surface area contributed by atoms with Crippen LogP contribution in [0.4, 0.5) is 10.1 Å². The van der Waals surface area contributed by atoms with Gasteiger partial charge in [-0.15, -0.1) is 11.3 Å². The number of aryl methyl sites for hydroxylation is 1. The zero-order valence-electron chi connectivity index (χ0n) is 17.5. The lowest BCUT2D eigenvalue weighted by Gasteiger charge is -2.20. The van der Waals surface area contributed by atoms with E-state index in [9.17, 15) is 14.3 Å². The fourth-order valence-electron chi connectivity index (χ4n) is 4.74. The molecule has 0 bridgehead atoms. The van der Waals surface area contributed by atoms with E-state index >= 15 is 0 Å². The van der Waals surface area contributed by atoms with E-state index in [1.807, 2.05) is 29.8 Å². The van der Waals surface area contributed by atoms with Crippen LogP contribution in [0.25, 0.3) is 0 Å². The predicted octanol–water partition coefficient (Wildman–Crippen LogP) is 3.74. The summed E-state index contributed by atoms with van der Waals surface area (Å²) in [6.45, 7) is 0. The lowest BCUT2D eigenvalue weighted by atomic mass is 10.0. The van der Waals surface area contributed by atoms with Crippen LogP contribution in [0.3, 0.4) is 0 Å². The molecule has 0 saturated carbocycles. The van der Waals surface area contributed by atoms with Crippen molar-refractivity contribution in [2.45, 2.75) is 56.2 Å². The summed E-state index contributed by atoms with van der Waals surface area (Å²) < 4.78 is 13.4. The minimum atomic E-state index is -0.783. The Morgan fingerprint density at radius 3 is 2.91 bits per heavy atom. The highest BCUT2D eigenvalue weighted by Gasteiger charge is 2.32.